The summed E-state index contributed by atoms with van der Waals surface area (Å²) < 4.78 is 28.2. The Hall–Kier alpha value is -8.10. The Labute approximate surface area is 677 Å². The third kappa shape index (κ3) is 39.1. The summed E-state index contributed by atoms with van der Waals surface area (Å²) in [5, 5.41) is 21.2. The first-order chi connectivity index (χ1) is 52.5. The number of fused-ring (bicyclic) bond motifs is 4. The zero-order valence-corrected chi connectivity index (χ0v) is 74.2. The number of rotatable bonds is 20. The summed E-state index contributed by atoms with van der Waals surface area (Å²) >= 11 is 0. The van der Waals surface area contributed by atoms with Crippen molar-refractivity contribution in [2.45, 2.75) is 193 Å². The van der Waals surface area contributed by atoms with Crippen LogP contribution in [0.25, 0.3) is 0 Å². The Balaban J connectivity index is 0.000000630. The SMILES string of the molecule is CCC(C)C(=O)OC.CCC(C)C(=O)OC.CCC(C)C(=O)OC.CCC(C)C(=O)OC.CCC(OC)C(C(=O)[O-])C(C)C(=O)[O-].C[N+](C)(C)Cc1ccccc1.Cc1cc(C)cc(C[N+](C)(C)C)c1.Cc1cccc(C[N+](C)(C)C)c1.c1ccc2c(c1)CC[N+]21CCCC1.c1ccc2c(c1)C[N+]1(C2)Cc2ccccc2C1. The van der Waals surface area contributed by atoms with E-state index in [1.54, 1.807) is 40.4 Å². The van der Waals surface area contributed by atoms with Crippen LogP contribution in [0, 0.1) is 56.3 Å². The molecule has 6 aromatic rings. The molecule has 4 aliphatic rings. The lowest BCUT2D eigenvalue weighted by Gasteiger charge is -2.31. The van der Waals surface area contributed by atoms with Gasteiger partial charge in [-0.15, -0.1) is 0 Å². The van der Waals surface area contributed by atoms with Crippen LogP contribution in [0.15, 0.2) is 146 Å². The molecule has 0 saturated carbocycles. The van der Waals surface area contributed by atoms with E-state index in [1.807, 2.05) is 55.4 Å². The summed E-state index contributed by atoms with van der Waals surface area (Å²) in [5.41, 5.74) is 17.8. The molecule has 112 heavy (non-hydrogen) atoms. The van der Waals surface area contributed by atoms with Crippen molar-refractivity contribution in [1.29, 1.82) is 0 Å². The van der Waals surface area contributed by atoms with Crippen LogP contribution in [-0.4, -0.2) is 178 Å². The standard InChI is InChI=1S/C16H16N.C12H16N.C12H20N.C11H18N.C10H16N.C9H16O5.4C6H12O2/c1-2-6-14-10-17(9-13(14)5-1)11-15-7-3-4-8-16(15)12-17;1-2-6-12-11(5-1)7-10-13(12)8-3-4-9-13;1-10-6-11(2)8-12(7-10)9-13(3,4)5;1-10-6-5-7-11(8-10)9-12(2,3)4;1-11(2,3)9-10-7-5-4-6-8-10;1-4-6(14-3)7(9(12)13)5(2)8(10)11;4*1-4-5(2)6(7)8-3/h1-8H,9-12H2;1-2,5-6H,3-4,7-10H2;6-8H,9H2,1-5H3;5-8H,9H2,1-4H3;4-8H,9H2,1-3H3;5-7H,4H2,1-3H3,(H,10,11)(H,12,13);4*5H,4H2,1-3H3/q5*+1;;;;;/p-2. The third-order valence-corrected chi connectivity index (χ3v) is 20.3. The number of benzene rings is 6. The number of carboxylic acids is 2. The van der Waals surface area contributed by atoms with Gasteiger partial charge >= 0.3 is 23.9 Å². The van der Waals surface area contributed by atoms with E-state index in [-0.39, 0.29) is 47.5 Å². The van der Waals surface area contributed by atoms with Gasteiger partial charge in [0, 0.05) is 94.7 Å². The largest absolute Gasteiger partial charge is 0.550 e. The Morgan fingerprint density at radius 1 is 0.384 bits per heavy atom. The maximum Gasteiger partial charge on any atom is 0.308 e. The molecule has 4 aliphatic heterocycles. The lowest BCUT2D eigenvalue weighted by molar-refractivity contribution is -0.966. The van der Waals surface area contributed by atoms with Gasteiger partial charge in [-0.25, -0.2) is 0 Å². The molecule has 18 nitrogen and oxygen atoms in total. The first-order valence-corrected chi connectivity index (χ1v) is 40.3. The van der Waals surface area contributed by atoms with Crippen LogP contribution in [0.5, 0.6) is 0 Å². The first-order valence-electron chi connectivity index (χ1n) is 40.3. The zero-order chi connectivity index (χ0) is 85.2. The highest BCUT2D eigenvalue weighted by atomic mass is 16.5. The number of carbonyl (C=O) groups excluding carboxylic acids is 6. The molecule has 1 saturated heterocycles. The van der Waals surface area contributed by atoms with Crippen molar-refractivity contribution >= 4 is 41.5 Å². The average Bonchev–Trinajstić information content (AvgIpc) is 1.62. The van der Waals surface area contributed by atoms with Crippen molar-refractivity contribution in [1.82, 2.24) is 4.48 Å². The normalized spacial score (nSPS) is 15.2. The van der Waals surface area contributed by atoms with E-state index in [9.17, 15) is 39.0 Å². The summed E-state index contributed by atoms with van der Waals surface area (Å²) in [6.07, 6.45) is 7.32. The molecule has 0 aliphatic carbocycles. The van der Waals surface area contributed by atoms with Crippen LogP contribution in [0.2, 0.25) is 0 Å². The Kier molecular flexibility index (Phi) is 47.0. The molecule has 0 radical (unpaired) electrons. The fraction of sp³-hybridized carbons (Fsp3) is 0.553. The van der Waals surface area contributed by atoms with Crippen LogP contribution in [0.4, 0.5) is 5.69 Å². The van der Waals surface area contributed by atoms with Crippen molar-refractivity contribution in [3.8, 4) is 0 Å². The predicted octanol–water partition coefficient (Wildman–Crippen LogP) is 15.2. The van der Waals surface area contributed by atoms with Crippen molar-refractivity contribution in [2.75, 3.05) is 119 Å². The number of ether oxygens (including phenoxy) is 5. The van der Waals surface area contributed by atoms with Crippen molar-refractivity contribution in [3.05, 3.63) is 207 Å². The van der Waals surface area contributed by atoms with Gasteiger partial charge in [-0.05, 0) is 58.9 Å². The number of aryl methyl sites for hydroxylation is 3. The molecule has 18 heteroatoms. The maximum atomic E-state index is 10.7. The molecule has 0 bridgehead atoms. The quantitative estimate of drug-likeness (QED) is 0.0398. The number of carboxylic acid groups (broad SMARTS) is 2. The molecular weight excluding hydrogens is 1410 g/mol. The lowest BCUT2D eigenvalue weighted by Crippen LogP contribution is -2.48. The van der Waals surface area contributed by atoms with Gasteiger partial charge in [0.2, 0.25) is 0 Å². The van der Waals surface area contributed by atoms with Gasteiger partial charge in [0.05, 0.1) is 141 Å². The lowest BCUT2D eigenvalue weighted by atomic mass is 9.87. The number of para-hydroxylation sites is 1. The molecule has 624 valence electrons. The van der Waals surface area contributed by atoms with Crippen LogP contribution in [0.3, 0.4) is 0 Å². The number of esters is 4. The highest BCUT2D eigenvalue weighted by Gasteiger charge is 2.42. The number of hydrogen-bond donors (Lipinski definition) is 0. The number of nitrogens with zero attached hydrogens (tertiary/aromatic N) is 5. The van der Waals surface area contributed by atoms with Gasteiger partial charge in [0.1, 0.15) is 51.5 Å². The second-order valence-electron chi connectivity index (χ2n) is 33.7. The van der Waals surface area contributed by atoms with Gasteiger partial charge in [-0.2, -0.15) is 0 Å². The Bertz CT molecular complexity index is 3500. The average molecular weight is 1560 g/mol. The minimum atomic E-state index is -1.42. The molecule has 7 atom stereocenters. The molecule has 2 spiro atoms. The Morgan fingerprint density at radius 3 is 1.03 bits per heavy atom. The molecule has 7 unspecified atom stereocenters. The summed E-state index contributed by atoms with van der Waals surface area (Å²) in [7, 11) is 26.9. The van der Waals surface area contributed by atoms with Crippen molar-refractivity contribution in [2.24, 2.45) is 35.5 Å². The highest BCUT2D eigenvalue weighted by Crippen LogP contribution is 2.40. The summed E-state index contributed by atoms with van der Waals surface area (Å²) in [6.45, 7) is 37.0. The fourth-order valence-corrected chi connectivity index (χ4v) is 13.6. The number of carbonyl (C=O) groups is 6. The molecule has 4 heterocycles. The van der Waals surface area contributed by atoms with E-state index in [2.05, 4.69) is 249 Å². The zero-order valence-electron chi connectivity index (χ0n) is 74.2. The number of hydrogen-bond acceptors (Lipinski definition) is 13. The van der Waals surface area contributed by atoms with Crippen LogP contribution in [0.1, 0.15) is 175 Å². The van der Waals surface area contributed by atoms with E-state index >= 15 is 0 Å². The summed E-state index contributed by atoms with van der Waals surface area (Å²) in [6, 6.07) is 52.9. The second-order valence-corrected chi connectivity index (χ2v) is 33.7. The molecule has 1 fully saturated rings. The smallest absolute Gasteiger partial charge is 0.308 e. The van der Waals surface area contributed by atoms with Gasteiger partial charge in [-0.3, -0.25) is 23.7 Å². The molecule has 0 N–H and O–H groups in total. The van der Waals surface area contributed by atoms with E-state index in [0.29, 0.717) is 6.42 Å². The topological polar surface area (TPSA) is 195 Å². The minimum Gasteiger partial charge on any atom is -0.550 e. The highest BCUT2D eigenvalue weighted by molar-refractivity contribution is 5.78. The predicted molar refractivity (Wildman–Crippen MR) is 452 cm³/mol. The van der Waals surface area contributed by atoms with E-state index in [0.717, 1.165) is 58.8 Å². The summed E-state index contributed by atoms with van der Waals surface area (Å²) in [5.74, 6) is -5.37. The number of aliphatic carboxylic acids is 2. The van der Waals surface area contributed by atoms with E-state index in [1.165, 1.54) is 150 Å². The van der Waals surface area contributed by atoms with Gasteiger partial charge in [0.25, 0.3) is 0 Å². The molecule has 6 aromatic carbocycles. The fourth-order valence-electron chi connectivity index (χ4n) is 13.6. The van der Waals surface area contributed by atoms with Crippen LogP contribution in [-0.2, 0) is 105 Å². The third-order valence-electron chi connectivity index (χ3n) is 20.3. The molecular formula is C94H148N5O13+3. The maximum absolute atomic E-state index is 10.7. The molecule has 0 amide bonds. The minimum absolute atomic E-state index is 0.0556. The van der Waals surface area contributed by atoms with Gasteiger partial charge in [0.15, 0.2) is 0 Å². The monoisotopic (exact) mass is 1560 g/mol. The van der Waals surface area contributed by atoms with Crippen molar-refractivity contribution < 1.29 is 80.6 Å². The second kappa shape index (κ2) is 51.6. The first kappa shape index (κ1) is 102. The van der Waals surface area contributed by atoms with Crippen LogP contribution >= 0.6 is 0 Å². The number of quaternary nitrogens is 5. The van der Waals surface area contributed by atoms with Crippen molar-refractivity contribution in [3.63, 3.8) is 0 Å². The van der Waals surface area contributed by atoms with E-state index in [4.69, 9.17) is 4.74 Å². The van der Waals surface area contributed by atoms with E-state index < -0.39 is 29.9 Å². The summed E-state index contributed by atoms with van der Waals surface area (Å²) in [4.78, 5) is 63.3. The van der Waals surface area contributed by atoms with Gasteiger partial charge < -0.3 is 61.4 Å². The molecule has 10 rings (SSSR count). The van der Waals surface area contributed by atoms with Gasteiger partial charge in [-0.1, -0.05) is 225 Å². The number of methoxy groups -OCH3 is 5. The molecule has 0 aromatic heterocycles. The Morgan fingerprint density at radius 2 is 0.714 bits per heavy atom. The van der Waals surface area contributed by atoms with Crippen LogP contribution < -0.4 is 14.7 Å².